The summed E-state index contributed by atoms with van der Waals surface area (Å²) in [5, 5.41) is 21.4. The van der Waals surface area contributed by atoms with Crippen molar-refractivity contribution in [3.63, 3.8) is 0 Å². The molecule has 0 spiro atoms. The lowest BCUT2D eigenvalue weighted by molar-refractivity contribution is -0.119. The minimum atomic E-state index is -0.437. The van der Waals surface area contributed by atoms with E-state index in [1.54, 1.807) is 0 Å². The lowest BCUT2D eigenvalue weighted by Gasteiger charge is -2.14. The lowest BCUT2D eigenvalue weighted by atomic mass is 10.0. The first-order valence-electron chi connectivity index (χ1n) is 6.00. The number of primary amides is 1. The van der Waals surface area contributed by atoms with E-state index in [9.17, 15) is 14.7 Å². The minimum absolute atomic E-state index is 0.0904. The Morgan fingerprint density at radius 2 is 2.00 bits per heavy atom. The molecule has 6 nitrogen and oxygen atoms in total. The van der Waals surface area contributed by atoms with Gasteiger partial charge in [-0.3, -0.25) is 9.59 Å². The van der Waals surface area contributed by atoms with E-state index in [4.69, 9.17) is 10.8 Å². The molecule has 0 radical (unpaired) electrons. The second kappa shape index (κ2) is 4.79. The van der Waals surface area contributed by atoms with Crippen molar-refractivity contribution in [3.05, 3.63) is 23.8 Å². The molecule has 5 N–H and O–H groups in total. The van der Waals surface area contributed by atoms with Gasteiger partial charge in [0.2, 0.25) is 5.91 Å². The van der Waals surface area contributed by atoms with Crippen LogP contribution < -0.4 is 11.1 Å². The minimum Gasteiger partial charge on any atom is -0.508 e. The summed E-state index contributed by atoms with van der Waals surface area (Å²) in [6, 6.07) is 3.77. The lowest BCUT2D eigenvalue weighted by Crippen LogP contribution is -2.32. The van der Waals surface area contributed by atoms with E-state index in [-0.39, 0.29) is 34.8 Å². The van der Waals surface area contributed by atoms with Crippen molar-refractivity contribution in [1.82, 2.24) is 5.32 Å². The summed E-state index contributed by atoms with van der Waals surface area (Å²) >= 11 is 0. The molecule has 2 rings (SSSR count). The van der Waals surface area contributed by atoms with Crippen LogP contribution in [0.2, 0.25) is 0 Å². The van der Waals surface area contributed by atoms with Gasteiger partial charge in [-0.25, -0.2) is 0 Å². The second-order valence-corrected chi connectivity index (χ2v) is 5.03. The average molecular weight is 264 g/mol. The highest BCUT2D eigenvalue weighted by atomic mass is 16.3. The molecular formula is C13H16N2O4. The molecule has 0 saturated heterocycles. The van der Waals surface area contributed by atoms with Crippen molar-refractivity contribution in [2.45, 2.75) is 19.3 Å². The number of carbonyl (C=O) groups excluding carboxylic acids is 2. The van der Waals surface area contributed by atoms with Gasteiger partial charge in [0.15, 0.2) is 0 Å². The van der Waals surface area contributed by atoms with E-state index in [0.29, 0.717) is 6.54 Å². The molecule has 6 heteroatoms. The number of carbonyl (C=O) groups is 2. The number of amides is 2. The van der Waals surface area contributed by atoms with E-state index < -0.39 is 5.91 Å². The van der Waals surface area contributed by atoms with E-state index in [1.807, 2.05) is 0 Å². The summed E-state index contributed by atoms with van der Waals surface area (Å²) in [7, 11) is 0. The Morgan fingerprint density at radius 3 is 2.53 bits per heavy atom. The van der Waals surface area contributed by atoms with Crippen LogP contribution in [-0.2, 0) is 4.79 Å². The Bertz CT molecular complexity index is 523. The van der Waals surface area contributed by atoms with Gasteiger partial charge in [-0.15, -0.1) is 0 Å². The van der Waals surface area contributed by atoms with Crippen molar-refractivity contribution in [3.8, 4) is 11.5 Å². The Morgan fingerprint density at radius 1 is 1.32 bits per heavy atom. The number of benzene rings is 1. The molecule has 0 unspecified atom stereocenters. The summed E-state index contributed by atoms with van der Waals surface area (Å²) in [4.78, 5) is 22.8. The number of aromatic hydroxyl groups is 2. The fourth-order valence-electron chi connectivity index (χ4n) is 2.04. The summed E-state index contributed by atoms with van der Waals surface area (Å²) in [6.07, 6.45) is 1.98. The van der Waals surface area contributed by atoms with E-state index >= 15 is 0 Å². The predicted octanol–water partition coefficient (Wildman–Crippen LogP) is 0.483. The Labute approximate surface area is 110 Å². The zero-order chi connectivity index (χ0) is 14.0. The number of phenolic OH excluding ortho intramolecular Hbond substituents is 2. The first-order valence-corrected chi connectivity index (χ1v) is 6.00. The van der Waals surface area contributed by atoms with Gasteiger partial charge in [0.25, 0.3) is 5.91 Å². The van der Waals surface area contributed by atoms with Crippen molar-refractivity contribution in [2.75, 3.05) is 6.54 Å². The summed E-state index contributed by atoms with van der Waals surface area (Å²) in [6.45, 7) is 0.356. The van der Waals surface area contributed by atoms with Gasteiger partial charge >= 0.3 is 0 Å². The Kier molecular flexibility index (Phi) is 3.33. The molecule has 1 aliphatic carbocycles. The topological polar surface area (TPSA) is 113 Å². The van der Waals surface area contributed by atoms with Crippen LogP contribution in [0.5, 0.6) is 11.5 Å². The van der Waals surface area contributed by atoms with Crippen LogP contribution in [0, 0.1) is 5.41 Å². The number of hydrogen-bond donors (Lipinski definition) is 4. The quantitative estimate of drug-likeness (QED) is 0.619. The van der Waals surface area contributed by atoms with Crippen LogP contribution in [0.25, 0.3) is 0 Å². The zero-order valence-electron chi connectivity index (χ0n) is 10.3. The average Bonchev–Trinajstić information content (AvgIpc) is 3.05. The Balaban J connectivity index is 1.96. The van der Waals surface area contributed by atoms with Gasteiger partial charge in [0.1, 0.15) is 11.5 Å². The largest absolute Gasteiger partial charge is 0.508 e. The highest BCUT2D eigenvalue weighted by molar-refractivity contribution is 5.97. The predicted molar refractivity (Wildman–Crippen MR) is 67.6 cm³/mol. The highest BCUT2D eigenvalue weighted by Crippen LogP contribution is 2.48. The fourth-order valence-corrected chi connectivity index (χ4v) is 2.04. The van der Waals surface area contributed by atoms with E-state index in [1.165, 1.54) is 12.1 Å². The fraction of sp³-hybridized carbons (Fsp3) is 0.385. The molecule has 0 heterocycles. The molecule has 1 fully saturated rings. The second-order valence-electron chi connectivity index (χ2n) is 5.03. The van der Waals surface area contributed by atoms with Gasteiger partial charge in [-0.1, -0.05) is 0 Å². The number of rotatable bonds is 5. The van der Waals surface area contributed by atoms with Crippen LogP contribution in [0.4, 0.5) is 0 Å². The van der Waals surface area contributed by atoms with Crippen LogP contribution in [-0.4, -0.2) is 28.6 Å². The molecule has 0 atom stereocenters. The van der Waals surface area contributed by atoms with Gasteiger partial charge < -0.3 is 21.3 Å². The van der Waals surface area contributed by atoms with Crippen molar-refractivity contribution in [2.24, 2.45) is 11.1 Å². The van der Waals surface area contributed by atoms with Gasteiger partial charge in [0, 0.05) is 19.0 Å². The third kappa shape index (κ3) is 3.15. The molecule has 0 aliphatic heterocycles. The molecule has 2 amide bonds. The molecule has 1 aromatic carbocycles. The first-order chi connectivity index (χ1) is 8.92. The third-order valence-corrected chi connectivity index (χ3v) is 3.36. The Hall–Kier alpha value is -2.24. The molecule has 0 bridgehead atoms. The highest BCUT2D eigenvalue weighted by Gasteiger charge is 2.44. The summed E-state index contributed by atoms with van der Waals surface area (Å²) in [5.41, 5.74) is 5.03. The third-order valence-electron chi connectivity index (χ3n) is 3.36. The molecule has 1 aromatic rings. The van der Waals surface area contributed by atoms with Crippen LogP contribution in [0.15, 0.2) is 18.2 Å². The summed E-state index contributed by atoms with van der Waals surface area (Å²) < 4.78 is 0. The summed E-state index contributed by atoms with van der Waals surface area (Å²) in [5.74, 6) is -1.20. The van der Waals surface area contributed by atoms with Gasteiger partial charge in [-0.2, -0.15) is 0 Å². The van der Waals surface area contributed by atoms with Crippen molar-refractivity contribution >= 4 is 11.8 Å². The standard InChI is InChI=1S/C13H16N2O4/c14-11(18)6-13(3-4-13)7-15-12(19)9-2-1-8(16)5-10(9)17/h1-2,5,16-17H,3-4,6-7H2,(H2,14,18)(H,15,19). The maximum Gasteiger partial charge on any atom is 0.255 e. The van der Waals surface area contributed by atoms with E-state index in [2.05, 4.69) is 5.32 Å². The zero-order valence-corrected chi connectivity index (χ0v) is 10.3. The molecule has 102 valence electrons. The van der Waals surface area contributed by atoms with Crippen LogP contribution in [0.3, 0.4) is 0 Å². The van der Waals surface area contributed by atoms with Crippen LogP contribution >= 0.6 is 0 Å². The van der Waals surface area contributed by atoms with Crippen molar-refractivity contribution < 1.29 is 19.8 Å². The number of nitrogens with two attached hydrogens (primary N) is 1. The van der Waals surface area contributed by atoms with Crippen LogP contribution in [0.1, 0.15) is 29.6 Å². The molecule has 0 aromatic heterocycles. The molecule has 19 heavy (non-hydrogen) atoms. The monoisotopic (exact) mass is 264 g/mol. The molecule has 1 aliphatic rings. The molecule has 1 saturated carbocycles. The molecular weight excluding hydrogens is 248 g/mol. The van der Waals surface area contributed by atoms with Gasteiger partial charge in [-0.05, 0) is 30.4 Å². The first kappa shape index (κ1) is 13.2. The SMILES string of the molecule is NC(=O)CC1(CNC(=O)c2ccc(O)cc2O)CC1. The smallest absolute Gasteiger partial charge is 0.255 e. The maximum atomic E-state index is 11.9. The van der Waals surface area contributed by atoms with E-state index in [0.717, 1.165) is 18.9 Å². The van der Waals surface area contributed by atoms with Gasteiger partial charge in [0.05, 0.1) is 5.56 Å². The number of hydrogen-bond acceptors (Lipinski definition) is 4. The van der Waals surface area contributed by atoms with Crippen molar-refractivity contribution in [1.29, 1.82) is 0 Å². The number of phenols is 2. The number of nitrogens with one attached hydrogen (secondary N) is 1. The normalized spacial score (nSPS) is 15.8. The maximum absolute atomic E-state index is 11.9.